The summed E-state index contributed by atoms with van der Waals surface area (Å²) in [7, 11) is 0. The molecule has 18 heavy (non-hydrogen) atoms. The first-order valence-corrected chi connectivity index (χ1v) is 5.94. The van der Waals surface area contributed by atoms with Gasteiger partial charge in [0, 0.05) is 6.92 Å². The van der Waals surface area contributed by atoms with Gasteiger partial charge in [-0.1, -0.05) is 36.9 Å². The molecule has 0 heterocycles. The minimum absolute atomic E-state index is 0.0881. The maximum absolute atomic E-state index is 11.3. The lowest BCUT2D eigenvalue weighted by atomic mass is 10.00. The Morgan fingerprint density at radius 1 is 1.44 bits per heavy atom. The zero-order chi connectivity index (χ0) is 13.4. The fourth-order valence-electron chi connectivity index (χ4n) is 1.57. The van der Waals surface area contributed by atoms with Crippen LogP contribution in [0.2, 0.25) is 0 Å². The van der Waals surface area contributed by atoms with Crippen LogP contribution >= 0.6 is 0 Å². The Morgan fingerprint density at radius 3 is 2.67 bits per heavy atom. The van der Waals surface area contributed by atoms with E-state index in [0.29, 0.717) is 6.61 Å². The highest BCUT2D eigenvalue weighted by Gasteiger charge is 2.13. The van der Waals surface area contributed by atoms with Gasteiger partial charge in [0.1, 0.15) is 0 Å². The largest absolute Gasteiger partial charge is 0.501 e. The van der Waals surface area contributed by atoms with Crippen molar-refractivity contribution in [2.24, 2.45) is 0 Å². The number of amides is 1. The monoisotopic (exact) mass is 245 g/mol. The van der Waals surface area contributed by atoms with Gasteiger partial charge in [-0.15, -0.1) is 0 Å². The van der Waals surface area contributed by atoms with E-state index in [1.807, 2.05) is 37.3 Å². The lowest BCUT2D eigenvalue weighted by Crippen LogP contribution is -2.26. The molecule has 0 unspecified atom stereocenters. The van der Waals surface area contributed by atoms with Gasteiger partial charge in [0.05, 0.1) is 18.9 Å². The standard InChI is InChI=1S/C15H19NO2/c1-4-18-11-10-12(2)15(16-13(3)17)14-8-6-5-7-9-14/h5-11,15H,2,4H2,1,3H3,(H,16,17)/b11-10-/t15-/m1/s1. The zero-order valence-electron chi connectivity index (χ0n) is 10.8. The smallest absolute Gasteiger partial charge is 0.217 e. The lowest BCUT2D eigenvalue weighted by molar-refractivity contribution is -0.119. The molecule has 0 fully saturated rings. The Morgan fingerprint density at radius 2 is 2.11 bits per heavy atom. The fourth-order valence-corrected chi connectivity index (χ4v) is 1.57. The van der Waals surface area contributed by atoms with Crippen molar-refractivity contribution < 1.29 is 9.53 Å². The molecule has 0 aliphatic heterocycles. The van der Waals surface area contributed by atoms with Gasteiger partial charge in [-0.3, -0.25) is 4.79 Å². The average Bonchev–Trinajstić information content (AvgIpc) is 2.37. The molecule has 0 saturated heterocycles. The van der Waals surface area contributed by atoms with E-state index in [9.17, 15) is 4.79 Å². The number of carbonyl (C=O) groups excluding carboxylic acids is 1. The third kappa shape index (κ3) is 4.45. The van der Waals surface area contributed by atoms with Crippen LogP contribution in [0.25, 0.3) is 0 Å². The number of rotatable bonds is 6. The van der Waals surface area contributed by atoms with Crippen molar-refractivity contribution in [3.05, 3.63) is 60.4 Å². The van der Waals surface area contributed by atoms with Gasteiger partial charge >= 0.3 is 0 Å². The van der Waals surface area contributed by atoms with Crippen LogP contribution < -0.4 is 5.32 Å². The highest BCUT2D eigenvalue weighted by molar-refractivity contribution is 5.74. The molecule has 0 spiro atoms. The summed E-state index contributed by atoms with van der Waals surface area (Å²) < 4.78 is 5.14. The topological polar surface area (TPSA) is 38.3 Å². The van der Waals surface area contributed by atoms with Crippen LogP contribution in [0, 0.1) is 0 Å². The second-order valence-corrected chi connectivity index (χ2v) is 3.88. The molecule has 1 aromatic carbocycles. The highest BCUT2D eigenvalue weighted by atomic mass is 16.5. The summed E-state index contributed by atoms with van der Waals surface area (Å²) in [6.07, 6.45) is 3.37. The van der Waals surface area contributed by atoms with E-state index in [1.165, 1.54) is 6.92 Å². The van der Waals surface area contributed by atoms with Crippen LogP contribution in [0.5, 0.6) is 0 Å². The molecule has 1 atom stereocenters. The van der Waals surface area contributed by atoms with Crippen LogP contribution in [0.4, 0.5) is 0 Å². The van der Waals surface area contributed by atoms with Crippen LogP contribution in [0.1, 0.15) is 25.5 Å². The van der Waals surface area contributed by atoms with Crippen LogP contribution in [0.3, 0.4) is 0 Å². The molecule has 0 radical (unpaired) electrons. The SMILES string of the molecule is C=C(/C=C\OCC)[C@@H](NC(C)=O)c1ccccc1. The van der Waals surface area contributed by atoms with E-state index >= 15 is 0 Å². The zero-order valence-corrected chi connectivity index (χ0v) is 10.8. The second-order valence-electron chi connectivity index (χ2n) is 3.88. The van der Waals surface area contributed by atoms with E-state index in [4.69, 9.17) is 4.74 Å². The highest BCUT2D eigenvalue weighted by Crippen LogP contribution is 2.21. The first kappa shape index (κ1) is 14.0. The van der Waals surface area contributed by atoms with Crippen molar-refractivity contribution in [2.75, 3.05) is 6.61 Å². The Bertz CT molecular complexity index is 423. The summed E-state index contributed by atoms with van der Waals surface area (Å²) in [5.74, 6) is -0.0881. The maximum atomic E-state index is 11.3. The molecular weight excluding hydrogens is 226 g/mol. The number of hydrogen-bond donors (Lipinski definition) is 1. The van der Waals surface area contributed by atoms with Gasteiger partial charge < -0.3 is 10.1 Å². The molecule has 1 amide bonds. The van der Waals surface area contributed by atoms with Crippen molar-refractivity contribution in [1.29, 1.82) is 0 Å². The van der Waals surface area contributed by atoms with Crippen molar-refractivity contribution in [1.82, 2.24) is 5.32 Å². The predicted molar refractivity (Wildman–Crippen MR) is 72.9 cm³/mol. The van der Waals surface area contributed by atoms with Crippen molar-refractivity contribution >= 4 is 5.91 Å². The van der Waals surface area contributed by atoms with Crippen molar-refractivity contribution in [3.63, 3.8) is 0 Å². The Labute approximate surface area is 108 Å². The summed E-state index contributed by atoms with van der Waals surface area (Å²) in [5, 5.41) is 2.88. The first-order valence-electron chi connectivity index (χ1n) is 5.94. The van der Waals surface area contributed by atoms with E-state index < -0.39 is 0 Å². The number of benzene rings is 1. The molecule has 96 valence electrons. The molecular formula is C15H19NO2. The van der Waals surface area contributed by atoms with E-state index in [0.717, 1.165) is 11.1 Å². The van der Waals surface area contributed by atoms with Crippen LogP contribution in [-0.4, -0.2) is 12.5 Å². The summed E-state index contributed by atoms with van der Waals surface area (Å²) in [6.45, 7) is 7.99. The van der Waals surface area contributed by atoms with Gasteiger partial charge in [-0.25, -0.2) is 0 Å². The number of ether oxygens (including phenoxy) is 1. The van der Waals surface area contributed by atoms with Gasteiger partial charge in [-0.2, -0.15) is 0 Å². The third-order valence-electron chi connectivity index (χ3n) is 2.40. The average molecular weight is 245 g/mol. The van der Waals surface area contributed by atoms with Crippen LogP contribution in [0.15, 0.2) is 54.8 Å². The van der Waals surface area contributed by atoms with Gasteiger partial charge in [0.2, 0.25) is 5.91 Å². The van der Waals surface area contributed by atoms with Gasteiger partial charge in [0.25, 0.3) is 0 Å². The summed E-state index contributed by atoms with van der Waals surface area (Å²) in [5.41, 5.74) is 1.78. The lowest BCUT2D eigenvalue weighted by Gasteiger charge is -2.18. The molecule has 0 saturated carbocycles. The molecule has 3 nitrogen and oxygen atoms in total. The minimum atomic E-state index is -0.222. The summed E-state index contributed by atoms with van der Waals surface area (Å²) >= 11 is 0. The molecule has 1 N–H and O–H groups in total. The molecule has 0 aromatic heterocycles. The van der Waals surface area contributed by atoms with Gasteiger partial charge in [0.15, 0.2) is 0 Å². The third-order valence-corrected chi connectivity index (χ3v) is 2.40. The van der Waals surface area contributed by atoms with E-state index in [-0.39, 0.29) is 11.9 Å². The molecule has 0 aliphatic rings. The molecule has 1 aromatic rings. The second kappa shape index (κ2) is 7.33. The van der Waals surface area contributed by atoms with Crippen LogP contribution in [-0.2, 0) is 9.53 Å². The predicted octanol–water partition coefficient (Wildman–Crippen LogP) is 2.97. The molecule has 0 bridgehead atoms. The normalized spacial score (nSPS) is 12.1. The summed E-state index contributed by atoms with van der Waals surface area (Å²) in [6, 6.07) is 9.50. The minimum Gasteiger partial charge on any atom is -0.501 e. The van der Waals surface area contributed by atoms with Gasteiger partial charge in [-0.05, 0) is 24.1 Å². The van der Waals surface area contributed by atoms with E-state index in [2.05, 4.69) is 11.9 Å². The molecule has 1 rings (SSSR count). The molecule has 3 heteroatoms. The van der Waals surface area contributed by atoms with Crippen molar-refractivity contribution in [3.8, 4) is 0 Å². The Kier molecular flexibility index (Phi) is 5.71. The Hall–Kier alpha value is -2.03. The fraction of sp³-hybridized carbons (Fsp3) is 0.267. The Balaban J connectivity index is 2.85. The number of nitrogens with one attached hydrogen (secondary N) is 1. The first-order chi connectivity index (χ1) is 8.65. The maximum Gasteiger partial charge on any atom is 0.217 e. The number of hydrogen-bond acceptors (Lipinski definition) is 2. The summed E-state index contributed by atoms with van der Waals surface area (Å²) in [4.78, 5) is 11.3. The van der Waals surface area contributed by atoms with Crippen molar-refractivity contribution in [2.45, 2.75) is 19.9 Å². The molecule has 0 aliphatic carbocycles. The van der Waals surface area contributed by atoms with E-state index in [1.54, 1.807) is 12.3 Å². The quantitative estimate of drug-likeness (QED) is 0.618. The number of carbonyl (C=O) groups is 1.